The lowest BCUT2D eigenvalue weighted by atomic mass is 10.0. The molecule has 0 saturated carbocycles. The first-order valence-corrected chi connectivity index (χ1v) is 11.5. The number of hydrogen-bond donors (Lipinski definition) is 0. The fraction of sp³-hybridized carbons (Fsp3) is 0.129. The number of rotatable bonds is 9. The van der Waals surface area contributed by atoms with Gasteiger partial charge in [-0.05, 0) is 78.1 Å². The molecule has 0 aromatic heterocycles. The minimum Gasteiger partial charge on any atom is -0.435 e. The van der Waals surface area contributed by atoms with Crippen molar-refractivity contribution in [3.63, 3.8) is 0 Å². The maximum atomic E-state index is 11.1. The minimum atomic E-state index is -0.493. The number of anilines is 3. The van der Waals surface area contributed by atoms with Gasteiger partial charge in [-0.3, -0.25) is 0 Å². The molecule has 0 spiro atoms. The number of nitrogens with zero attached hydrogens (tertiary/aromatic N) is 1. The van der Waals surface area contributed by atoms with Crippen LogP contribution in [0.5, 0.6) is 0 Å². The van der Waals surface area contributed by atoms with E-state index in [-0.39, 0.29) is 6.79 Å². The minimum absolute atomic E-state index is 0.0908. The molecule has 0 heterocycles. The monoisotopic (exact) mass is 463 g/mol. The van der Waals surface area contributed by atoms with E-state index in [2.05, 4.69) is 110 Å². The van der Waals surface area contributed by atoms with E-state index in [4.69, 9.17) is 9.47 Å². The van der Waals surface area contributed by atoms with Crippen molar-refractivity contribution in [3.8, 4) is 11.1 Å². The van der Waals surface area contributed by atoms with E-state index in [0.29, 0.717) is 6.61 Å². The van der Waals surface area contributed by atoms with Crippen LogP contribution in [-0.4, -0.2) is 12.8 Å². The highest BCUT2D eigenvalue weighted by atomic mass is 16.7. The average molecular weight is 464 g/mol. The smallest absolute Gasteiger partial charge is 0.332 e. The summed E-state index contributed by atoms with van der Waals surface area (Å²) in [6.07, 6.45) is 1.12. The highest BCUT2D eigenvalue weighted by Crippen LogP contribution is 2.36. The Hall–Kier alpha value is -4.15. The van der Waals surface area contributed by atoms with Crippen LogP contribution >= 0.6 is 0 Å². The summed E-state index contributed by atoms with van der Waals surface area (Å²) in [4.78, 5) is 13.3. The summed E-state index contributed by atoms with van der Waals surface area (Å²) in [5.74, 6) is -0.493. The van der Waals surface area contributed by atoms with Crippen LogP contribution in [0.4, 0.5) is 17.1 Å². The van der Waals surface area contributed by atoms with Crippen molar-refractivity contribution in [2.45, 2.75) is 20.5 Å². The van der Waals surface area contributed by atoms with Crippen LogP contribution in [0.25, 0.3) is 11.1 Å². The molecular weight excluding hydrogens is 434 g/mol. The molecule has 4 rings (SSSR count). The predicted octanol–water partition coefficient (Wildman–Crippen LogP) is 7.64. The number of benzene rings is 4. The average Bonchev–Trinajstić information content (AvgIpc) is 2.88. The number of aryl methyl sites for hydroxylation is 2. The maximum Gasteiger partial charge on any atom is 0.332 e. The molecule has 0 fully saturated rings. The number of carbonyl (C=O) groups excluding carboxylic acids is 1. The van der Waals surface area contributed by atoms with Gasteiger partial charge < -0.3 is 14.4 Å². The van der Waals surface area contributed by atoms with E-state index in [1.165, 1.54) is 11.1 Å². The molecule has 4 heteroatoms. The first kappa shape index (κ1) is 24.0. The second kappa shape index (κ2) is 11.3. The second-order valence-corrected chi connectivity index (χ2v) is 8.39. The predicted molar refractivity (Wildman–Crippen MR) is 142 cm³/mol. The lowest BCUT2D eigenvalue weighted by molar-refractivity contribution is -0.151. The molecule has 0 bridgehead atoms. The van der Waals surface area contributed by atoms with Gasteiger partial charge in [-0.15, -0.1) is 0 Å². The van der Waals surface area contributed by atoms with Gasteiger partial charge in [-0.1, -0.05) is 67.2 Å². The zero-order valence-electron chi connectivity index (χ0n) is 20.1. The molecule has 0 aliphatic rings. The van der Waals surface area contributed by atoms with Gasteiger partial charge in [0.2, 0.25) is 0 Å². The Bertz CT molecular complexity index is 1250. The summed E-state index contributed by atoms with van der Waals surface area (Å²) in [6.45, 7) is 7.86. The fourth-order valence-electron chi connectivity index (χ4n) is 3.90. The topological polar surface area (TPSA) is 38.8 Å². The van der Waals surface area contributed by atoms with E-state index >= 15 is 0 Å². The van der Waals surface area contributed by atoms with Crippen LogP contribution in [0.2, 0.25) is 0 Å². The molecule has 0 amide bonds. The molecule has 0 aliphatic heterocycles. The first-order valence-electron chi connectivity index (χ1n) is 11.5. The van der Waals surface area contributed by atoms with Gasteiger partial charge in [-0.2, -0.15) is 0 Å². The molecular formula is C31H29NO3. The van der Waals surface area contributed by atoms with Crippen LogP contribution in [0.1, 0.15) is 16.7 Å². The van der Waals surface area contributed by atoms with E-state index in [9.17, 15) is 4.79 Å². The number of hydrogen-bond acceptors (Lipinski definition) is 4. The van der Waals surface area contributed by atoms with E-state index in [0.717, 1.165) is 39.8 Å². The van der Waals surface area contributed by atoms with E-state index in [1.54, 1.807) is 0 Å². The molecule has 4 aromatic rings. The highest BCUT2D eigenvalue weighted by molar-refractivity contribution is 5.81. The molecule has 0 N–H and O–H groups in total. The highest BCUT2D eigenvalue weighted by Gasteiger charge is 2.13. The van der Waals surface area contributed by atoms with Crippen molar-refractivity contribution < 1.29 is 14.3 Å². The van der Waals surface area contributed by atoms with E-state index < -0.39 is 5.97 Å². The number of carbonyl (C=O) groups is 1. The Morgan fingerprint density at radius 3 is 1.83 bits per heavy atom. The van der Waals surface area contributed by atoms with Crippen LogP contribution in [0, 0.1) is 13.8 Å². The largest absolute Gasteiger partial charge is 0.435 e. The van der Waals surface area contributed by atoms with Crippen molar-refractivity contribution in [3.05, 3.63) is 126 Å². The summed E-state index contributed by atoms with van der Waals surface area (Å²) in [7, 11) is 0. The zero-order chi connectivity index (χ0) is 24.6. The normalized spacial score (nSPS) is 10.6. The van der Waals surface area contributed by atoms with Crippen molar-refractivity contribution in [2.24, 2.45) is 0 Å². The van der Waals surface area contributed by atoms with Gasteiger partial charge in [0.1, 0.15) is 0 Å². The standard InChI is InChI=1S/C31H29NO3/c1-4-31(33)35-22-34-21-25-11-13-26(14-12-25)27-15-17-28(18-16-27)32(29-9-5-7-23(2)19-29)30-10-6-8-24(3)20-30/h4-20H,1,21-22H2,2-3H3. The summed E-state index contributed by atoms with van der Waals surface area (Å²) < 4.78 is 10.2. The van der Waals surface area contributed by atoms with Gasteiger partial charge in [0.15, 0.2) is 6.79 Å². The Morgan fingerprint density at radius 2 is 1.31 bits per heavy atom. The molecule has 0 radical (unpaired) electrons. The SMILES string of the molecule is C=CC(=O)OCOCc1ccc(-c2ccc(N(c3cccc(C)c3)c3cccc(C)c3)cc2)cc1. The van der Waals surface area contributed by atoms with E-state index in [1.807, 2.05) is 12.1 Å². The maximum absolute atomic E-state index is 11.1. The van der Waals surface area contributed by atoms with Gasteiger partial charge in [-0.25, -0.2) is 4.79 Å². The molecule has 0 saturated heterocycles. The van der Waals surface area contributed by atoms with Gasteiger partial charge in [0.05, 0.1) is 6.61 Å². The summed E-state index contributed by atoms with van der Waals surface area (Å²) in [6, 6.07) is 33.9. The number of esters is 1. The lowest BCUT2D eigenvalue weighted by Crippen LogP contribution is -2.10. The van der Waals surface area contributed by atoms with Crippen molar-refractivity contribution in [2.75, 3.05) is 11.7 Å². The Morgan fingerprint density at radius 1 is 0.771 bits per heavy atom. The molecule has 0 aliphatic carbocycles. The molecule has 35 heavy (non-hydrogen) atoms. The lowest BCUT2D eigenvalue weighted by Gasteiger charge is -2.26. The zero-order valence-corrected chi connectivity index (χ0v) is 20.1. The summed E-state index contributed by atoms with van der Waals surface area (Å²) >= 11 is 0. The van der Waals surface area contributed by atoms with Gasteiger partial charge in [0, 0.05) is 23.1 Å². The van der Waals surface area contributed by atoms with Gasteiger partial charge in [0.25, 0.3) is 0 Å². The molecule has 0 unspecified atom stereocenters. The van der Waals surface area contributed by atoms with Crippen LogP contribution in [0.15, 0.2) is 110 Å². The Kier molecular flexibility index (Phi) is 7.76. The first-order chi connectivity index (χ1) is 17.0. The summed E-state index contributed by atoms with van der Waals surface area (Å²) in [5.41, 5.74) is 9.07. The Balaban J connectivity index is 1.52. The molecule has 0 atom stereocenters. The third-order valence-electron chi connectivity index (χ3n) is 5.65. The van der Waals surface area contributed by atoms with Gasteiger partial charge >= 0.3 is 5.97 Å². The van der Waals surface area contributed by atoms with Crippen LogP contribution < -0.4 is 4.90 Å². The van der Waals surface area contributed by atoms with Crippen molar-refractivity contribution in [1.29, 1.82) is 0 Å². The molecule has 176 valence electrons. The van der Waals surface area contributed by atoms with Crippen molar-refractivity contribution in [1.82, 2.24) is 0 Å². The van der Waals surface area contributed by atoms with Crippen molar-refractivity contribution >= 4 is 23.0 Å². The van der Waals surface area contributed by atoms with Crippen LogP contribution in [0.3, 0.4) is 0 Å². The number of ether oxygens (including phenoxy) is 2. The quantitative estimate of drug-likeness (QED) is 0.111. The Labute approximate surface area is 207 Å². The second-order valence-electron chi connectivity index (χ2n) is 8.39. The molecule has 4 aromatic carbocycles. The fourth-order valence-corrected chi connectivity index (χ4v) is 3.90. The molecule has 4 nitrogen and oxygen atoms in total. The van der Waals surface area contributed by atoms with Crippen LogP contribution in [-0.2, 0) is 20.9 Å². The summed E-state index contributed by atoms with van der Waals surface area (Å²) in [5, 5.41) is 0. The third kappa shape index (κ3) is 6.25. The third-order valence-corrected chi connectivity index (χ3v) is 5.65.